The topological polar surface area (TPSA) is 76.3 Å². The van der Waals surface area contributed by atoms with Crippen molar-refractivity contribution < 1.29 is 9.59 Å². The van der Waals surface area contributed by atoms with E-state index in [4.69, 9.17) is 5.73 Å². The highest BCUT2D eigenvalue weighted by atomic mass is 32.1. The molecule has 104 valence electrons. The van der Waals surface area contributed by atoms with Crippen molar-refractivity contribution in [2.75, 3.05) is 4.90 Å². The van der Waals surface area contributed by atoms with Gasteiger partial charge in [0.05, 0.1) is 11.1 Å². The number of imide groups is 1. The van der Waals surface area contributed by atoms with Crippen molar-refractivity contribution >= 4 is 28.3 Å². The molecule has 2 rings (SSSR count). The molecular formula is C13H19N3O2S. The third kappa shape index (κ3) is 2.19. The monoisotopic (exact) mass is 281 g/mol. The van der Waals surface area contributed by atoms with Gasteiger partial charge in [0.2, 0.25) is 11.8 Å². The van der Waals surface area contributed by atoms with Gasteiger partial charge in [0.1, 0.15) is 0 Å². The van der Waals surface area contributed by atoms with Crippen molar-refractivity contribution in [1.29, 1.82) is 0 Å². The largest absolute Gasteiger partial charge is 0.323 e. The van der Waals surface area contributed by atoms with E-state index in [9.17, 15) is 9.59 Å². The summed E-state index contributed by atoms with van der Waals surface area (Å²) in [5, 5.41) is 2.23. The quantitative estimate of drug-likeness (QED) is 0.861. The van der Waals surface area contributed by atoms with E-state index in [0.717, 1.165) is 0 Å². The predicted octanol–water partition coefficient (Wildman–Crippen LogP) is 2.09. The molecule has 2 atom stereocenters. The highest BCUT2D eigenvalue weighted by Crippen LogP contribution is 2.42. The van der Waals surface area contributed by atoms with Gasteiger partial charge in [0.25, 0.3) is 0 Å². The van der Waals surface area contributed by atoms with Crippen LogP contribution in [0, 0.1) is 11.3 Å². The van der Waals surface area contributed by atoms with E-state index in [0.29, 0.717) is 10.8 Å². The molecular weight excluding hydrogens is 262 g/mol. The van der Waals surface area contributed by atoms with Crippen molar-refractivity contribution in [3.05, 3.63) is 11.1 Å². The lowest BCUT2D eigenvalue weighted by Gasteiger charge is -2.25. The SMILES string of the molecule is CC(N)c1csc(N2C(=O)CC(C)(C(C)C)C2=O)n1. The lowest BCUT2D eigenvalue weighted by molar-refractivity contribution is -0.126. The number of thiazole rings is 1. The van der Waals surface area contributed by atoms with Gasteiger partial charge >= 0.3 is 0 Å². The van der Waals surface area contributed by atoms with Gasteiger partial charge in [-0.25, -0.2) is 9.88 Å². The standard InChI is InChI=1S/C13H19N3O2S/c1-7(2)13(4)5-10(17)16(11(13)18)12-15-9(6-19-12)8(3)14/h6-8H,5,14H2,1-4H3. The van der Waals surface area contributed by atoms with Crippen LogP contribution in [0.15, 0.2) is 5.38 Å². The lowest BCUT2D eigenvalue weighted by atomic mass is 9.78. The Hall–Kier alpha value is -1.27. The number of amides is 2. The van der Waals surface area contributed by atoms with E-state index in [1.54, 1.807) is 5.38 Å². The van der Waals surface area contributed by atoms with Gasteiger partial charge in [-0.15, -0.1) is 11.3 Å². The molecule has 5 nitrogen and oxygen atoms in total. The molecule has 0 aromatic carbocycles. The van der Waals surface area contributed by atoms with Crippen LogP contribution >= 0.6 is 11.3 Å². The highest BCUT2D eigenvalue weighted by molar-refractivity contribution is 7.14. The molecule has 2 N–H and O–H groups in total. The van der Waals surface area contributed by atoms with Gasteiger partial charge in [-0.1, -0.05) is 13.8 Å². The van der Waals surface area contributed by atoms with Crippen LogP contribution in [0.5, 0.6) is 0 Å². The van der Waals surface area contributed by atoms with E-state index in [2.05, 4.69) is 4.98 Å². The predicted molar refractivity (Wildman–Crippen MR) is 74.8 cm³/mol. The first-order chi connectivity index (χ1) is 8.77. The van der Waals surface area contributed by atoms with E-state index in [1.807, 2.05) is 27.7 Å². The Morgan fingerprint density at radius 1 is 1.42 bits per heavy atom. The summed E-state index contributed by atoms with van der Waals surface area (Å²) in [6.07, 6.45) is 0.247. The smallest absolute Gasteiger partial charge is 0.242 e. The Kier molecular flexibility index (Phi) is 3.49. The average Bonchev–Trinajstić information content (AvgIpc) is 2.85. The molecule has 1 aliphatic rings. The van der Waals surface area contributed by atoms with E-state index < -0.39 is 5.41 Å². The highest BCUT2D eigenvalue weighted by Gasteiger charge is 2.51. The first kappa shape index (κ1) is 14.1. The van der Waals surface area contributed by atoms with Crippen molar-refractivity contribution in [2.45, 2.75) is 40.2 Å². The van der Waals surface area contributed by atoms with Crippen LogP contribution in [-0.4, -0.2) is 16.8 Å². The van der Waals surface area contributed by atoms with Gasteiger partial charge in [-0.3, -0.25) is 9.59 Å². The number of carbonyl (C=O) groups excluding carboxylic acids is 2. The maximum atomic E-state index is 12.5. The Morgan fingerprint density at radius 3 is 2.47 bits per heavy atom. The Morgan fingerprint density at radius 2 is 2.05 bits per heavy atom. The lowest BCUT2D eigenvalue weighted by Crippen LogP contribution is -2.36. The maximum absolute atomic E-state index is 12.5. The first-order valence-corrected chi connectivity index (χ1v) is 7.23. The van der Waals surface area contributed by atoms with Crippen molar-refractivity contribution in [3.8, 4) is 0 Å². The van der Waals surface area contributed by atoms with Gasteiger partial charge in [-0.05, 0) is 19.8 Å². The number of rotatable bonds is 3. The summed E-state index contributed by atoms with van der Waals surface area (Å²) in [5.41, 5.74) is 5.83. The summed E-state index contributed by atoms with van der Waals surface area (Å²) in [4.78, 5) is 30.1. The fourth-order valence-electron chi connectivity index (χ4n) is 2.07. The molecule has 0 aliphatic carbocycles. The third-order valence-electron chi connectivity index (χ3n) is 3.90. The van der Waals surface area contributed by atoms with Crippen LogP contribution in [0.4, 0.5) is 5.13 Å². The van der Waals surface area contributed by atoms with Crippen molar-refractivity contribution in [3.63, 3.8) is 0 Å². The second-order valence-electron chi connectivity index (χ2n) is 5.63. The fraction of sp³-hybridized carbons (Fsp3) is 0.615. The van der Waals surface area contributed by atoms with Crippen LogP contribution in [0.3, 0.4) is 0 Å². The zero-order chi connectivity index (χ0) is 14.4. The maximum Gasteiger partial charge on any atom is 0.242 e. The molecule has 0 spiro atoms. The van der Waals surface area contributed by atoms with E-state index in [-0.39, 0.29) is 30.2 Å². The average molecular weight is 281 g/mol. The molecule has 0 saturated carbocycles. The van der Waals surface area contributed by atoms with Gasteiger partial charge in [0.15, 0.2) is 5.13 Å². The number of hydrogen-bond acceptors (Lipinski definition) is 5. The zero-order valence-electron chi connectivity index (χ0n) is 11.6. The molecule has 0 radical (unpaired) electrons. The first-order valence-electron chi connectivity index (χ1n) is 6.35. The normalized spacial score (nSPS) is 25.5. The third-order valence-corrected chi connectivity index (χ3v) is 4.75. The Labute approximate surface area is 116 Å². The summed E-state index contributed by atoms with van der Waals surface area (Å²) in [7, 11) is 0. The molecule has 1 aliphatic heterocycles. The molecule has 19 heavy (non-hydrogen) atoms. The number of nitrogens with two attached hydrogens (primary N) is 1. The molecule has 1 aromatic heterocycles. The molecule has 0 bridgehead atoms. The number of carbonyl (C=O) groups is 2. The Balaban J connectivity index is 2.35. The van der Waals surface area contributed by atoms with Gasteiger partial charge in [-0.2, -0.15) is 0 Å². The number of anilines is 1. The molecule has 2 heterocycles. The summed E-state index contributed by atoms with van der Waals surface area (Å²) in [6.45, 7) is 7.59. The minimum atomic E-state index is -0.628. The minimum absolute atomic E-state index is 0.113. The summed E-state index contributed by atoms with van der Waals surface area (Å²) in [6, 6.07) is -0.200. The van der Waals surface area contributed by atoms with Crippen LogP contribution in [0.2, 0.25) is 0 Å². The number of hydrogen-bond donors (Lipinski definition) is 1. The molecule has 1 fully saturated rings. The zero-order valence-corrected chi connectivity index (χ0v) is 12.5. The summed E-state index contributed by atoms with van der Waals surface area (Å²) < 4.78 is 0. The summed E-state index contributed by atoms with van der Waals surface area (Å²) in [5.74, 6) is -0.216. The second kappa shape index (κ2) is 4.68. The molecule has 2 unspecified atom stereocenters. The minimum Gasteiger partial charge on any atom is -0.323 e. The van der Waals surface area contributed by atoms with Crippen molar-refractivity contribution in [2.24, 2.45) is 17.1 Å². The molecule has 6 heteroatoms. The second-order valence-corrected chi connectivity index (χ2v) is 6.46. The van der Waals surface area contributed by atoms with Crippen LogP contribution in [0.25, 0.3) is 0 Å². The molecule has 2 amide bonds. The van der Waals surface area contributed by atoms with Gasteiger partial charge in [0, 0.05) is 17.8 Å². The fourth-order valence-corrected chi connectivity index (χ4v) is 3.01. The van der Waals surface area contributed by atoms with Crippen molar-refractivity contribution in [1.82, 2.24) is 4.98 Å². The molecule has 1 saturated heterocycles. The van der Waals surface area contributed by atoms with Crippen LogP contribution in [0.1, 0.15) is 45.9 Å². The van der Waals surface area contributed by atoms with Crippen LogP contribution in [-0.2, 0) is 9.59 Å². The number of aromatic nitrogens is 1. The van der Waals surface area contributed by atoms with E-state index in [1.165, 1.54) is 16.2 Å². The van der Waals surface area contributed by atoms with Gasteiger partial charge < -0.3 is 5.73 Å². The van der Waals surface area contributed by atoms with Crippen LogP contribution < -0.4 is 10.6 Å². The number of nitrogens with zero attached hydrogens (tertiary/aromatic N) is 2. The summed E-state index contributed by atoms with van der Waals surface area (Å²) >= 11 is 1.29. The Bertz CT molecular complexity index is 524. The molecule has 1 aromatic rings. The van der Waals surface area contributed by atoms with E-state index >= 15 is 0 Å².